The van der Waals surface area contributed by atoms with Crippen LogP contribution in [0.5, 0.6) is 11.6 Å². The van der Waals surface area contributed by atoms with Crippen molar-refractivity contribution in [3.8, 4) is 28.8 Å². The molecular weight excluding hydrogens is 579 g/mol. The van der Waals surface area contributed by atoms with Gasteiger partial charge in [0.1, 0.15) is 11.6 Å². The lowest BCUT2D eigenvalue weighted by Gasteiger charge is -2.32. The highest BCUT2D eigenvalue weighted by atomic mass is 32.2. The summed E-state index contributed by atoms with van der Waals surface area (Å²) in [6.07, 6.45) is 6.53. The molecule has 1 fully saturated rings. The van der Waals surface area contributed by atoms with Crippen LogP contribution in [-0.2, 0) is 16.6 Å². The van der Waals surface area contributed by atoms with E-state index in [0.29, 0.717) is 35.2 Å². The molecule has 3 N–H and O–H groups in total. The minimum absolute atomic E-state index is 0.103. The molecule has 44 heavy (non-hydrogen) atoms. The first-order valence-corrected chi connectivity index (χ1v) is 15.7. The van der Waals surface area contributed by atoms with E-state index in [2.05, 4.69) is 15.2 Å². The molecule has 0 bridgehead atoms. The summed E-state index contributed by atoms with van der Waals surface area (Å²) < 4.78 is 43.6. The van der Waals surface area contributed by atoms with Crippen LogP contribution in [0.25, 0.3) is 17.2 Å². The lowest BCUT2D eigenvalue weighted by atomic mass is 10.0. The van der Waals surface area contributed by atoms with Gasteiger partial charge in [0.25, 0.3) is 0 Å². The standard InChI is InChI=1S/C33H33FN6O3S/c1-22-17-25(5-4-14-35)18-23(2)31(22)43-32-30(26-6-3-7-27(34)19-26)20-37-33(39-32)38-28-12-15-40(16-13-28)21-24-8-10-29(11-9-24)44(36,41)42/h3-11,17-20,28H,12-13,15-16,21H2,1-2H3,(H2,36,41,42)(H,37,38,39)/b5-4+. The van der Waals surface area contributed by atoms with Crippen molar-refractivity contribution in [3.63, 3.8) is 0 Å². The number of rotatable bonds is 9. The number of nitriles is 1. The van der Waals surface area contributed by atoms with E-state index in [1.807, 2.05) is 32.0 Å². The minimum atomic E-state index is -3.71. The molecule has 0 saturated carbocycles. The Morgan fingerprint density at radius 3 is 2.45 bits per heavy atom. The molecule has 11 heteroatoms. The summed E-state index contributed by atoms with van der Waals surface area (Å²) in [5.41, 5.74) is 4.80. The van der Waals surface area contributed by atoms with Gasteiger partial charge in [0, 0.05) is 37.9 Å². The van der Waals surface area contributed by atoms with E-state index < -0.39 is 10.0 Å². The second kappa shape index (κ2) is 13.3. The van der Waals surface area contributed by atoms with Crippen molar-refractivity contribution in [2.45, 2.75) is 44.2 Å². The molecule has 1 saturated heterocycles. The number of hydrogen-bond acceptors (Lipinski definition) is 8. The van der Waals surface area contributed by atoms with E-state index in [4.69, 9.17) is 20.1 Å². The fourth-order valence-corrected chi connectivity index (χ4v) is 5.81. The maximum absolute atomic E-state index is 14.2. The molecule has 3 aromatic carbocycles. The zero-order valence-corrected chi connectivity index (χ0v) is 25.3. The predicted octanol–water partition coefficient (Wildman–Crippen LogP) is 5.95. The Morgan fingerprint density at radius 1 is 1.11 bits per heavy atom. The fourth-order valence-electron chi connectivity index (χ4n) is 5.30. The van der Waals surface area contributed by atoms with Gasteiger partial charge in [-0.05, 0) is 97.0 Å². The molecule has 0 unspecified atom stereocenters. The van der Waals surface area contributed by atoms with Crippen LogP contribution in [0.4, 0.5) is 10.3 Å². The number of aromatic nitrogens is 2. The molecule has 0 amide bonds. The number of likely N-dealkylation sites (tertiary alicyclic amines) is 1. The summed E-state index contributed by atoms with van der Waals surface area (Å²) >= 11 is 0. The Morgan fingerprint density at radius 2 is 1.82 bits per heavy atom. The Kier molecular flexibility index (Phi) is 9.35. The maximum Gasteiger partial charge on any atom is 0.238 e. The van der Waals surface area contributed by atoms with Gasteiger partial charge in [-0.2, -0.15) is 10.2 Å². The number of primary sulfonamides is 1. The van der Waals surface area contributed by atoms with Gasteiger partial charge in [-0.15, -0.1) is 0 Å². The second-order valence-electron chi connectivity index (χ2n) is 10.9. The van der Waals surface area contributed by atoms with Crippen molar-refractivity contribution in [1.82, 2.24) is 14.9 Å². The average Bonchev–Trinajstić information content (AvgIpc) is 2.99. The molecule has 5 rings (SSSR count). The van der Waals surface area contributed by atoms with Crippen LogP contribution in [0.3, 0.4) is 0 Å². The summed E-state index contributed by atoms with van der Waals surface area (Å²) in [6, 6.07) is 18.9. The van der Waals surface area contributed by atoms with Crippen LogP contribution in [0.15, 0.2) is 77.8 Å². The molecule has 0 aliphatic carbocycles. The van der Waals surface area contributed by atoms with Crippen LogP contribution in [0, 0.1) is 31.0 Å². The lowest BCUT2D eigenvalue weighted by Crippen LogP contribution is -2.39. The Hall–Kier alpha value is -4.63. The van der Waals surface area contributed by atoms with Crippen LogP contribution in [0.2, 0.25) is 0 Å². The third kappa shape index (κ3) is 7.65. The molecule has 1 aliphatic rings. The zero-order chi connectivity index (χ0) is 31.3. The van der Waals surface area contributed by atoms with Crippen LogP contribution in [-0.4, -0.2) is 42.4 Å². The molecule has 0 spiro atoms. The number of sulfonamides is 1. The summed E-state index contributed by atoms with van der Waals surface area (Å²) in [5.74, 6) is 0.983. The lowest BCUT2D eigenvalue weighted by molar-refractivity contribution is 0.211. The smallest absolute Gasteiger partial charge is 0.238 e. The molecular formula is C33H33FN6O3S. The number of nitrogens with two attached hydrogens (primary N) is 1. The quantitative estimate of drug-likeness (QED) is 0.222. The van der Waals surface area contributed by atoms with Gasteiger partial charge in [-0.3, -0.25) is 4.90 Å². The second-order valence-corrected chi connectivity index (χ2v) is 12.4. The number of benzene rings is 3. The Balaban J connectivity index is 1.32. The Labute approximate surface area is 256 Å². The van der Waals surface area contributed by atoms with Gasteiger partial charge < -0.3 is 10.1 Å². The normalized spacial score (nSPS) is 14.4. The molecule has 1 aromatic heterocycles. The highest BCUT2D eigenvalue weighted by Gasteiger charge is 2.22. The summed E-state index contributed by atoms with van der Waals surface area (Å²) in [7, 11) is -3.71. The van der Waals surface area contributed by atoms with Crippen LogP contribution < -0.4 is 15.2 Å². The van der Waals surface area contributed by atoms with E-state index in [-0.39, 0.29) is 16.8 Å². The number of piperidine rings is 1. The van der Waals surface area contributed by atoms with E-state index in [0.717, 1.165) is 48.2 Å². The minimum Gasteiger partial charge on any atom is -0.438 e. The molecule has 0 radical (unpaired) electrons. The average molecular weight is 613 g/mol. The highest BCUT2D eigenvalue weighted by molar-refractivity contribution is 7.89. The van der Waals surface area contributed by atoms with Gasteiger partial charge >= 0.3 is 0 Å². The van der Waals surface area contributed by atoms with Crippen LogP contribution >= 0.6 is 0 Å². The molecule has 9 nitrogen and oxygen atoms in total. The fraction of sp³-hybridized carbons (Fsp3) is 0.242. The van der Waals surface area contributed by atoms with Crippen molar-refractivity contribution in [1.29, 1.82) is 5.26 Å². The first-order valence-electron chi connectivity index (χ1n) is 14.2. The highest BCUT2D eigenvalue weighted by Crippen LogP contribution is 2.36. The van der Waals surface area contributed by atoms with E-state index in [1.165, 1.54) is 30.3 Å². The number of ether oxygens (including phenoxy) is 1. The van der Waals surface area contributed by atoms with Crippen molar-refractivity contribution in [2.24, 2.45) is 5.14 Å². The van der Waals surface area contributed by atoms with Crippen molar-refractivity contribution >= 4 is 22.0 Å². The van der Waals surface area contributed by atoms with E-state index in [1.54, 1.807) is 36.5 Å². The largest absolute Gasteiger partial charge is 0.438 e. The van der Waals surface area contributed by atoms with Crippen molar-refractivity contribution in [3.05, 3.63) is 101 Å². The monoisotopic (exact) mass is 612 g/mol. The molecule has 226 valence electrons. The number of halogens is 1. The molecule has 2 heterocycles. The number of anilines is 1. The maximum atomic E-state index is 14.2. The van der Waals surface area contributed by atoms with Gasteiger partial charge in [-0.25, -0.2) is 22.9 Å². The number of nitrogens with zero attached hydrogens (tertiary/aromatic N) is 4. The topological polar surface area (TPSA) is 134 Å². The van der Waals surface area contributed by atoms with Gasteiger partial charge in [0.05, 0.1) is 16.5 Å². The molecule has 4 aromatic rings. The van der Waals surface area contributed by atoms with Crippen molar-refractivity contribution < 1.29 is 17.5 Å². The number of hydrogen-bond donors (Lipinski definition) is 2. The SMILES string of the molecule is Cc1cc(/C=C/C#N)cc(C)c1Oc1nc(NC2CCN(Cc3ccc(S(N)(=O)=O)cc3)CC2)ncc1-c1cccc(F)c1. The zero-order valence-electron chi connectivity index (χ0n) is 24.5. The number of allylic oxidation sites excluding steroid dienone is 1. The van der Waals surface area contributed by atoms with Gasteiger partial charge in [-0.1, -0.05) is 24.3 Å². The van der Waals surface area contributed by atoms with Gasteiger partial charge in [0.2, 0.25) is 21.9 Å². The molecule has 0 atom stereocenters. The van der Waals surface area contributed by atoms with E-state index >= 15 is 0 Å². The summed E-state index contributed by atoms with van der Waals surface area (Å²) in [6.45, 7) is 6.24. The Bertz CT molecular complexity index is 1810. The predicted molar refractivity (Wildman–Crippen MR) is 168 cm³/mol. The van der Waals surface area contributed by atoms with E-state index in [9.17, 15) is 12.8 Å². The summed E-state index contributed by atoms with van der Waals surface area (Å²) in [4.78, 5) is 11.7. The van der Waals surface area contributed by atoms with Gasteiger partial charge in [0.15, 0.2) is 0 Å². The first-order chi connectivity index (χ1) is 21.1. The van der Waals surface area contributed by atoms with Crippen molar-refractivity contribution in [2.75, 3.05) is 18.4 Å². The number of nitrogens with one attached hydrogen (secondary N) is 1. The third-order valence-corrected chi connectivity index (χ3v) is 8.43. The third-order valence-electron chi connectivity index (χ3n) is 7.50. The first kappa shape index (κ1) is 30.8. The molecule has 1 aliphatic heterocycles. The number of aryl methyl sites for hydroxylation is 2. The van der Waals surface area contributed by atoms with Crippen LogP contribution in [0.1, 0.15) is 35.1 Å². The summed E-state index contributed by atoms with van der Waals surface area (Å²) in [5, 5.41) is 17.5.